The van der Waals surface area contributed by atoms with E-state index in [4.69, 9.17) is 0 Å². The molecule has 19 heavy (non-hydrogen) atoms. The van der Waals surface area contributed by atoms with Crippen molar-refractivity contribution >= 4 is 5.78 Å². The van der Waals surface area contributed by atoms with E-state index in [0.717, 1.165) is 25.3 Å². The van der Waals surface area contributed by atoms with Crippen LogP contribution in [0.3, 0.4) is 0 Å². The summed E-state index contributed by atoms with van der Waals surface area (Å²) in [6.07, 6.45) is 2.28. The smallest absolute Gasteiger partial charge is 0.182 e. The van der Waals surface area contributed by atoms with Crippen LogP contribution in [0.25, 0.3) is 0 Å². The van der Waals surface area contributed by atoms with Gasteiger partial charge >= 0.3 is 0 Å². The van der Waals surface area contributed by atoms with E-state index in [2.05, 4.69) is 29.0 Å². The summed E-state index contributed by atoms with van der Waals surface area (Å²) in [5, 5.41) is 4.24. The van der Waals surface area contributed by atoms with Crippen LogP contribution < -0.4 is 0 Å². The first-order valence-electron chi connectivity index (χ1n) is 6.94. The number of carbonyl (C=O) groups is 1. The average Bonchev–Trinajstić information content (AvgIpc) is 2.83. The fourth-order valence-corrected chi connectivity index (χ4v) is 2.59. The molecular formula is C14H24N4O. The number of hydrogen-bond donors (Lipinski definition) is 0. The minimum atomic E-state index is 0.193. The van der Waals surface area contributed by atoms with E-state index < -0.39 is 0 Å². The number of piperazine rings is 1. The van der Waals surface area contributed by atoms with Crippen molar-refractivity contribution in [2.45, 2.75) is 32.4 Å². The summed E-state index contributed by atoms with van der Waals surface area (Å²) < 4.78 is 1.81. The Kier molecular flexibility index (Phi) is 4.37. The van der Waals surface area contributed by atoms with Crippen molar-refractivity contribution < 1.29 is 4.79 Å². The molecule has 1 unspecified atom stereocenters. The number of aromatic nitrogens is 2. The molecule has 0 bridgehead atoms. The Morgan fingerprint density at radius 3 is 2.84 bits per heavy atom. The van der Waals surface area contributed by atoms with Gasteiger partial charge in [0.1, 0.15) is 5.69 Å². The lowest BCUT2D eigenvalue weighted by atomic mass is 10.0. The standard InChI is InChI=1S/C14H24N4O/c1-11(2)18-13(5-6-15-18)14(19)9-12-10-16(3)7-8-17(12)4/h5-6,11-12H,7-10H2,1-4H3. The number of ketones is 1. The zero-order valence-electron chi connectivity index (χ0n) is 12.3. The third-order valence-corrected chi connectivity index (χ3v) is 3.85. The van der Waals surface area contributed by atoms with Crippen LogP contribution in [0.5, 0.6) is 0 Å². The molecule has 1 aromatic heterocycles. The van der Waals surface area contributed by atoms with Gasteiger partial charge in [-0.1, -0.05) is 0 Å². The molecule has 5 nitrogen and oxygen atoms in total. The minimum absolute atomic E-state index is 0.193. The number of rotatable bonds is 4. The molecule has 0 saturated carbocycles. The van der Waals surface area contributed by atoms with E-state index in [1.165, 1.54) is 0 Å². The highest BCUT2D eigenvalue weighted by Crippen LogP contribution is 2.15. The summed E-state index contributed by atoms with van der Waals surface area (Å²) in [5.74, 6) is 0.193. The van der Waals surface area contributed by atoms with Gasteiger partial charge in [0, 0.05) is 44.3 Å². The Morgan fingerprint density at radius 2 is 2.16 bits per heavy atom. The lowest BCUT2D eigenvalue weighted by molar-refractivity contribution is 0.0800. The molecule has 0 amide bonds. The van der Waals surface area contributed by atoms with E-state index >= 15 is 0 Å². The zero-order chi connectivity index (χ0) is 14.0. The maximum absolute atomic E-state index is 12.4. The molecule has 1 aromatic rings. The number of likely N-dealkylation sites (N-methyl/N-ethyl adjacent to an activating group) is 2. The first kappa shape index (κ1) is 14.2. The molecular weight excluding hydrogens is 240 g/mol. The fraction of sp³-hybridized carbons (Fsp3) is 0.714. The molecule has 5 heteroatoms. The monoisotopic (exact) mass is 264 g/mol. The molecule has 2 rings (SSSR count). The van der Waals surface area contributed by atoms with Crippen molar-refractivity contribution in [3.63, 3.8) is 0 Å². The highest BCUT2D eigenvalue weighted by molar-refractivity contribution is 5.94. The first-order valence-corrected chi connectivity index (χ1v) is 6.94. The number of carbonyl (C=O) groups excluding carboxylic acids is 1. The Labute approximate surface area is 115 Å². The van der Waals surface area contributed by atoms with Gasteiger partial charge < -0.3 is 9.80 Å². The Hall–Kier alpha value is -1.20. The fourth-order valence-electron chi connectivity index (χ4n) is 2.59. The highest BCUT2D eigenvalue weighted by Gasteiger charge is 2.26. The second-order valence-corrected chi connectivity index (χ2v) is 5.78. The van der Waals surface area contributed by atoms with E-state index in [1.807, 2.05) is 24.6 Å². The number of hydrogen-bond acceptors (Lipinski definition) is 4. The van der Waals surface area contributed by atoms with E-state index in [0.29, 0.717) is 12.5 Å². The molecule has 1 aliphatic rings. The molecule has 1 saturated heterocycles. The van der Waals surface area contributed by atoms with Crippen LogP contribution in [0.15, 0.2) is 12.3 Å². The van der Waals surface area contributed by atoms with E-state index in [-0.39, 0.29) is 11.8 Å². The molecule has 0 N–H and O–H groups in total. The summed E-state index contributed by atoms with van der Waals surface area (Å²) in [4.78, 5) is 17.0. The van der Waals surface area contributed by atoms with Gasteiger partial charge in [0.15, 0.2) is 5.78 Å². The van der Waals surface area contributed by atoms with Crippen molar-refractivity contribution in [1.82, 2.24) is 19.6 Å². The van der Waals surface area contributed by atoms with Crippen LogP contribution in [-0.4, -0.2) is 65.1 Å². The van der Waals surface area contributed by atoms with Crippen LogP contribution in [0.1, 0.15) is 36.8 Å². The number of nitrogens with zero attached hydrogens (tertiary/aromatic N) is 4. The van der Waals surface area contributed by atoms with Gasteiger partial charge in [0.2, 0.25) is 0 Å². The predicted octanol–water partition coefficient (Wildman–Crippen LogP) is 1.28. The van der Waals surface area contributed by atoms with Gasteiger partial charge in [-0.3, -0.25) is 9.48 Å². The van der Waals surface area contributed by atoms with Gasteiger partial charge in [0.05, 0.1) is 0 Å². The Balaban J connectivity index is 2.06. The lowest BCUT2D eigenvalue weighted by Gasteiger charge is -2.37. The van der Waals surface area contributed by atoms with Gasteiger partial charge in [-0.25, -0.2) is 0 Å². The van der Waals surface area contributed by atoms with Crippen molar-refractivity contribution in [2.24, 2.45) is 0 Å². The van der Waals surface area contributed by atoms with E-state index in [1.54, 1.807) is 6.20 Å². The third kappa shape index (κ3) is 3.22. The Morgan fingerprint density at radius 1 is 1.42 bits per heavy atom. The summed E-state index contributed by atoms with van der Waals surface area (Å²) in [6, 6.07) is 2.36. The average molecular weight is 264 g/mol. The molecule has 106 valence electrons. The van der Waals surface area contributed by atoms with Crippen LogP contribution in [0.4, 0.5) is 0 Å². The lowest BCUT2D eigenvalue weighted by Crippen LogP contribution is -2.50. The summed E-state index contributed by atoms with van der Waals surface area (Å²) >= 11 is 0. The second kappa shape index (κ2) is 5.84. The summed E-state index contributed by atoms with van der Waals surface area (Å²) in [6.45, 7) is 7.15. The van der Waals surface area contributed by atoms with Gasteiger partial charge in [-0.05, 0) is 34.0 Å². The van der Waals surface area contributed by atoms with Crippen molar-refractivity contribution in [1.29, 1.82) is 0 Å². The largest absolute Gasteiger partial charge is 0.304 e. The third-order valence-electron chi connectivity index (χ3n) is 3.85. The number of Topliss-reactive ketones (excluding diaryl/α,β-unsaturated/α-hetero) is 1. The molecule has 1 fully saturated rings. The topological polar surface area (TPSA) is 41.4 Å². The molecule has 1 aliphatic heterocycles. The summed E-state index contributed by atoms with van der Waals surface area (Å²) in [7, 11) is 4.22. The maximum Gasteiger partial charge on any atom is 0.182 e. The van der Waals surface area contributed by atoms with Gasteiger partial charge in [-0.2, -0.15) is 5.10 Å². The molecule has 2 heterocycles. The van der Waals surface area contributed by atoms with Crippen LogP contribution in [0, 0.1) is 0 Å². The van der Waals surface area contributed by atoms with Gasteiger partial charge in [0.25, 0.3) is 0 Å². The Bertz CT molecular complexity index is 440. The van der Waals surface area contributed by atoms with Crippen molar-refractivity contribution in [3.8, 4) is 0 Å². The zero-order valence-corrected chi connectivity index (χ0v) is 12.3. The molecule has 0 aromatic carbocycles. The second-order valence-electron chi connectivity index (χ2n) is 5.78. The first-order chi connectivity index (χ1) is 8.99. The van der Waals surface area contributed by atoms with Crippen molar-refractivity contribution in [2.75, 3.05) is 33.7 Å². The highest BCUT2D eigenvalue weighted by atomic mass is 16.1. The SMILES string of the molecule is CC(C)n1nccc1C(=O)CC1CN(C)CCN1C. The van der Waals surface area contributed by atoms with Crippen LogP contribution in [-0.2, 0) is 0 Å². The minimum Gasteiger partial charge on any atom is -0.304 e. The predicted molar refractivity (Wildman–Crippen MR) is 75.5 cm³/mol. The van der Waals surface area contributed by atoms with E-state index in [9.17, 15) is 4.79 Å². The normalized spacial score (nSPS) is 22.1. The molecule has 0 spiro atoms. The maximum atomic E-state index is 12.4. The van der Waals surface area contributed by atoms with Crippen LogP contribution in [0.2, 0.25) is 0 Å². The molecule has 0 aliphatic carbocycles. The van der Waals surface area contributed by atoms with Gasteiger partial charge in [-0.15, -0.1) is 0 Å². The molecule has 0 radical (unpaired) electrons. The summed E-state index contributed by atoms with van der Waals surface area (Å²) in [5.41, 5.74) is 0.733. The van der Waals surface area contributed by atoms with Crippen LogP contribution >= 0.6 is 0 Å². The molecule has 1 atom stereocenters. The quantitative estimate of drug-likeness (QED) is 0.768. The van der Waals surface area contributed by atoms with Crippen molar-refractivity contribution in [3.05, 3.63) is 18.0 Å².